The van der Waals surface area contributed by atoms with Crippen LogP contribution in [-0.4, -0.2) is 65.1 Å². The van der Waals surface area contributed by atoms with Crippen LogP contribution in [0.2, 0.25) is 5.02 Å². The molecule has 0 radical (unpaired) electrons. The van der Waals surface area contributed by atoms with Gasteiger partial charge in [-0.05, 0) is 56.2 Å². The van der Waals surface area contributed by atoms with E-state index in [1.807, 2.05) is 44.2 Å². The monoisotopic (exact) mass is 631 g/mol. The molecule has 0 heterocycles. The van der Waals surface area contributed by atoms with Crippen molar-refractivity contribution in [2.24, 2.45) is 0 Å². The Bertz CT molecular complexity index is 1520. The zero-order valence-corrected chi connectivity index (χ0v) is 26.7. The summed E-state index contributed by atoms with van der Waals surface area (Å²) in [5.41, 5.74) is 0.822. The number of benzene rings is 3. The first-order valence-corrected chi connectivity index (χ1v) is 15.5. The van der Waals surface area contributed by atoms with Crippen molar-refractivity contribution in [1.29, 1.82) is 0 Å². The standard InChI is InChI=1S/C31H38ClN3O7S/c1-7-21(2)33-31(37)22(3)34(19-23-11-9-8-10-12-23)30(36)20-35(26-17-24(32)13-15-27(26)40-4)43(38,39)25-14-16-28(41-5)29(18-25)42-6/h8-18,21-22H,7,19-20H2,1-6H3,(H,33,37)/t21-,22-/m1/s1. The van der Waals surface area contributed by atoms with Crippen molar-refractivity contribution >= 4 is 39.1 Å². The number of ether oxygens (including phenoxy) is 3. The lowest BCUT2D eigenvalue weighted by molar-refractivity contribution is -0.139. The van der Waals surface area contributed by atoms with Crippen LogP contribution in [0.3, 0.4) is 0 Å². The number of halogens is 1. The Balaban J connectivity index is 2.13. The highest BCUT2D eigenvalue weighted by Crippen LogP contribution is 2.37. The van der Waals surface area contributed by atoms with Crippen molar-refractivity contribution in [1.82, 2.24) is 10.2 Å². The highest BCUT2D eigenvalue weighted by atomic mass is 35.5. The molecular formula is C31H38ClN3O7S. The van der Waals surface area contributed by atoms with Gasteiger partial charge in [0.1, 0.15) is 18.3 Å². The third-order valence-corrected chi connectivity index (χ3v) is 8.99. The second-order valence-corrected chi connectivity index (χ2v) is 12.1. The zero-order chi connectivity index (χ0) is 31.7. The zero-order valence-electron chi connectivity index (χ0n) is 25.2. The van der Waals surface area contributed by atoms with Gasteiger partial charge in [0.25, 0.3) is 10.0 Å². The van der Waals surface area contributed by atoms with E-state index in [9.17, 15) is 18.0 Å². The third kappa shape index (κ3) is 8.11. The van der Waals surface area contributed by atoms with Gasteiger partial charge in [0.05, 0.1) is 31.9 Å². The maximum absolute atomic E-state index is 14.3. The minimum atomic E-state index is -4.42. The van der Waals surface area contributed by atoms with Crippen LogP contribution in [0, 0.1) is 0 Å². The van der Waals surface area contributed by atoms with Gasteiger partial charge < -0.3 is 24.4 Å². The van der Waals surface area contributed by atoms with E-state index in [2.05, 4.69) is 5.32 Å². The van der Waals surface area contributed by atoms with E-state index in [4.69, 9.17) is 25.8 Å². The summed E-state index contributed by atoms with van der Waals surface area (Å²) in [5, 5.41) is 3.15. The molecule has 0 fully saturated rings. The third-order valence-electron chi connectivity index (χ3n) is 7.00. The number of carbonyl (C=O) groups excluding carboxylic acids is 2. The van der Waals surface area contributed by atoms with Crippen LogP contribution in [0.4, 0.5) is 5.69 Å². The number of methoxy groups -OCH3 is 3. The lowest BCUT2D eigenvalue weighted by Crippen LogP contribution is -2.52. The Hall–Kier alpha value is -3.96. The largest absolute Gasteiger partial charge is 0.495 e. The van der Waals surface area contributed by atoms with Gasteiger partial charge >= 0.3 is 0 Å². The molecule has 0 aromatic heterocycles. The summed E-state index contributed by atoms with van der Waals surface area (Å²) in [6.45, 7) is 4.85. The van der Waals surface area contributed by atoms with Crippen molar-refractivity contribution < 1.29 is 32.2 Å². The van der Waals surface area contributed by atoms with E-state index in [1.54, 1.807) is 13.0 Å². The summed E-state index contributed by atoms with van der Waals surface area (Å²) in [6.07, 6.45) is 0.705. The summed E-state index contributed by atoms with van der Waals surface area (Å²) < 4.78 is 45.5. The number of sulfonamides is 1. The van der Waals surface area contributed by atoms with E-state index < -0.39 is 28.5 Å². The van der Waals surface area contributed by atoms with Crippen molar-refractivity contribution in [2.75, 3.05) is 32.2 Å². The Morgan fingerprint density at radius 1 is 0.884 bits per heavy atom. The summed E-state index contributed by atoms with van der Waals surface area (Å²) in [6, 6.07) is 16.7. The summed E-state index contributed by atoms with van der Waals surface area (Å²) in [4.78, 5) is 28.5. The molecule has 3 rings (SSSR count). The molecule has 2 amide bonds. The van der Waals surface area contributed by atoms with Gasteiger partial charge in [-0.15, -0.1) is 0 Å². The molecule has 43 heavy (non-hydrogen) atoms. The first-order valence-electron chi connectivity index (χ1n) is 13.7. The minimum Gasteiger partial charge on any atom is -0.495 e. The van der Waals surface area contributed by atoms with E-state index in [-0.39, 0.29) is 45.6 Å². The number of rotatable bonds is 14. The molecule has 0 aliphatic carbocycles. The molecule has 12 heteroatoms. The van der Waals surface area contributed by atoms with Gasteiger partial charge in [0.15, 0.2) is 11.5 Å². The molecule has 0 unspecified atom stereocenters. The van der Waals surface area contributed by atoms with E-state index in [0.717, 1.165) is 9.87 Å². The lowest BCUT2D eigenvalue weighted by Gasteiger charge is -2.33. The van der Waals surface area contributed by atoms with Gasteiger partial charge in [0, 0.05) is 23.7 Å². The van der Waals surface area contributed by atoms with E-state index >= 15 is 0 Å². The molecule has 3 aromatic rings. The Morgan fingerprint density at radius 2 is 1.51 bits per heavy atom. The average molecular weight is 632 g/mol. The molecule has 0 aliphatic heterocycles. The second-order valence-electron chi connectivity index (χ2n) is 9.85. The molecule has 2 atom stereocenters. The molecule has 3 aromatic carbocycles. The fraction of sp³-hybridized carbons (Fsp3) is 0.355. The number of anilines is 1. The van der Waals surface area contributed by atoms with Gasteiger partial charge in [-0.3, -0.25) is 13.9 Å². The predicted molar refractivity (Wildman–Crippen MR) is 166 cm³/mol. The summed E-state index contributed by atoms with van der Waals surface area (Å²) >= 11 is 6.30. The number of hydrogen-bond acceptors (Lipinski definition) is 7. The Labute approximate surface area is 258 Å². The van der Waals surface area contributed by atoms with Gasteiger partial charge in [-0.2, -0.15) is 0 Å². The smallest absolute Gasteiger partial charge is 0.265 e. The molecule has 0 saturated heterocycles. The molecule has 0 bridgehead atoms. The quantitative estimate of drug-likeness (QED) is 0.269. The van der Waals surface area contributed by atoms with Crippen LogP contribution < -0.4 is 23.8 Å². The highest BCUT2D eigenvalue weighted by molar-refractivity contribution is 7.92. The van der Waals surface area contributed by atoms with Crippen molar-refractivity contribution in [3.63, 3.8) is 0 Å². The number of amides is 2. The fourth-order valence-electron chi connectivity index (χ4n) is 4.30. The Morgan fingerprint density at radius 3 is 2.12 bits per heavy atom. The van der Waals surface area contributed by atoms with Crippen LogP contribution in [0.25, 0.3) is 0 Å². The first kappa shape index (κ1) is 33.5. The molecule has 0 aliphatic rings. The molecule has 0 saturated carbocycles. The molecular weight excluding hydrogens is 594 g/mol. The number of carbonyl (C=O) groups is 2. The van der Waals surface area contributed by atoms with Crippen LogP contribution in [0.1, 0.15) is 32.8 Å². The normalized spacial score (nSPS) is 12.5. The number of nitrogens with one attached hydrogen (secondary N) is 1. The van der Waals surface area contributed by atoms with Crippen molar-refractivity contribution in [3.05, 3.63) is 77.3 Å². The number of hydrogen-bond donors (Lipinski definition) is 1. The van der Waals surface area contributed by atoms with Crippen LogP contribution in [0.5, 0.6) is 17.2 Å². The van der Waals surface area contributed by atoms with E-state index in [1.165, 1.54) is 56.6 Å². The summed E-state index contributed by atoms with van der Waals surface area (Å²) in [7, 11) is -0.203. The van der Waals surface area contributed by atoms with Crippen LogP contribution in [-0.2, 0) is 26.2 Å². The fourth-order valence-corrected chi connectivity index (χ4v) is 5.90. The summed E-state index contributed by atoms with van der Waals surface area (Å²) in [5.74, 6) is -0.262. The topological polar surface area (TPSA) is 114 Å². The highest BCUT2D eigenvalue weighted by Gasteiger charge is 2.34. The average Bonchev–Trinajstić information content (AvgIpc) is 3.01. The number of nitrogens with zero attached hydrogens (tertiary/aromatic N) is 2. The van der Waals surface area contributed by atoms with Crippen LogP contribution >= 0.6 is 11.6 Å². The van der Waals surface area contributed by atoms with E-state index in [0.29, 0.717) is 12.2 Å². The maximum atomic E-state index is 14.3. The molecule has 1 N–H and O–H groups in total. The van der Waals surface area contributed by atoms with Gasteiger partial charge in [-0.25, -0.2) is 8.42 Å². The van der Waals surface area contributed by atoms with Crippen molar-refractivity contribution in [3.8, 4) is 17.2 Å². The molecule has 232 valence electrons. The second kappa shape index (κ2) is 15.0. The molecule has 10 nitrogen and oxygen atoms in total. The predicted octanol–water partition coefficient (Wildman–Crippen LogP) is 4.89. The van der Waals surface area contributed by atoms with Crippen LogP contribution in [0.15, 0.2) is 71.6 Å². The minimum absolute atomic E-state index is 0.0505. The molecule has 0 spiro atoms. The SMILES string of the molecule is CC[C@@H](C)NC(=O)[C@@H](C)N(Cc1ccccc1)C(=O)CN(c1cc(Cl)ccc1OC)S(=O)(=O)c1ccc(OC)c(OC)c1. The maximum Gasteiger partial charge on any atom is 0.265 e. The van der Waals surface area contributed by atoms with Gasteiger partial charge in [0.2, 0.25) is 11.8 Å². The first-order chi connectivity index (χ1) is 20.5. The lowest BCUT2D eigenvalue weighted by atomic mass is 10.1. The Kier molecular flexibility index (Phi) is 11.7. The van der Waals surface area contributed by atoms with Gasteiger partial charge in [-0.1, -0.05) is 48.9 Å². The van der Waals surface area contributed by atoms with Crippen molar-refractivity contribution in [2.45, 2.75) is 50.7 Å².